The van der Waals surface area contributed by atoms with Crippen molar-refractivity contribution in [2.24, 2.45) is 5.92 Å². The number of aromatic nitrogens is 2. The van der Waals surface area contributed by atoms with E-state index in [0.717, 1.165) is 19.4 Å². The van der Waals surface area contributed by atoms with Crippen LogP contribution in [0.4, 0.5) is 16.4 Å². The van der Waals surface area contributed by atoms with Crippen molar-refractivity contribution < 1.29 is 14.5 Å². The first-order valence-electron chi connectivity index (χ1n) is 9.45. The quantitative estimate of drug-likeness (QED) is 0.633. The van der Waals surface area contributed by atoms with E-state index in [-0.39, 0.29) is 11.8 Å². The van der Waals surface area contributed by atoms with Crippen LogP contribution in [0.25, 0.3) is 11.0 Å². The third-order valence-corrected chi connectivity index (χ3v) is 4.73. The fourth-order valence-corrected chi connectivity index (χ4v) is 3.46. The molecule has 3 rings (SSSR count). The molecule has 9 heteroatoms. The first-order chi connectivity index (χ1) is 13.1. The second-order valence-corrected chi connectivity index (χ2v) is 8.33. The smallest absolute Gasteiger partial charge is 0.410 e. The van der Waals surface area contributed by atoms with Crippen molar-refractivity contribution in [3.05, 3.63) is 28.3 Å². The number of fused-ring (bicyclic) bond motifs is 1. The Kier molecular flexibility index (Phi) is 5.44. The maximum atomic E-state index is 12.3. The van der Waals surface area contributed by atoms with Crippen LogP contribution in [0.15, 0.2) is 18.2 Å². The van der Waals surface area contributed by atoms with Gasteiger partial charge in [-0.15, -0.1) is 0 Å². The molecule has 1 aromatic carbocycles. The molecule has 9 nitrogen and oxygen atoms in total. The normalized spacial score (nSPS) is 17.6. The second-order valence-electron chi connectivity index (χ2n) is 8.33. The molecule has 0 radical (unpaired) electrons. The number of non-ortho nitro benzene ring substituents is 1. The number of carbonyl (C=O) groups excluding carboxylic acids is 1. The van der Waals surface area contributed by atoms with Crippen molar-refractivity contribution in [3.63, 3.8) is 0 Å². The third kappa shape index (κ3) is 4.71. The first kappa shape index (κ1) is 19.9. The van der Waals surface area contributed by atoms with Gasteiger partial charge in [-0.3, -0.25) is 10.1 Å². The molecule has 1 atom stereocenters. The third-order valence-electron chi connectivity index (χ3n) is 4.73. The predicted molar refractivity (Wildman–Crippen MR) is 107 cm³/mol. The molecule has 28 heavy (non-hydrogen) atoms. The Balaban J connectivity index is 1.65. The lowest BCUT2D eigenvalue weighted by Crippen LogP contribution is -2.45. The molecule has 0 saturated carbocycles. The molecule has 0 bridgehead atoms. The predicted octanol–water partition coefficient (Wildman–Crippen LogP) is 3.55. The molecule has 1 N–H and O–H groups in total. The van der Waals surface area contributed by atoms with Gasteiger partial charge in [0.2, 0.25) is 5.95 Å². The SMILES string of the molecule is CN(C[C@H]1CCCN(C(=O)OC(C)(C)C)C1)c1nc2ccc([N+](=O)[O-])cc2[nH]1. The molecule has 152 valence electrons. The van der Waals surface area contributed by atoms with Crippen molar-refractivity contribution in [1.29, 1.82) is 0 Å². The Bertz CT molecular complexity index is 873. The summed E-state index contributed by atoms with van der Waals surface area (Å²) in [5.41, 5.74) is 0.852. The van der Waals surface area contributed by atoms with Gasteiger partial charge in [-0.2, -0.15) is 0 Å². The van der Waals surface area contributed by atoms with Gasteiger partial charge in [-0.25, -0.2) is 9.78 Å². The molecular weight excluding hydrogens is 362 g/mol. The Morgan fingerprint density at radius 3 is 2.89 bits per heavy atom. The Morgan fingerprint density at radius 2 is 2.21 bits per heavy atom. The number of nitrogens with zero attached hydrogens (tertiary/aromatic N) is 4. The van der Waals surface area contributed by atoms with Crippen LogP contribution < -0.4 is 4.90 Å². The zero-order valence-electron chi connectivity index (χ0n) is 16.8. The molecule has 2 aromatic rings. The van der Waals surface area contributed by atoms with Gasteiger partial charge in [-0.1, -0.05) is 0 Å². The number of nitro groups is 1. The number of ether oxygens (including phenoxy) is 1. The fraction of sp³-hybridized carbons (Fsp3) is 0.579. The van der Waals surface area contributed by atoms with E-state index in [9.17, 15) is 14.9 Å². The number of likely N-dealkylation sites (tertiary alicyclic amines) is 1. The summed E-state index contributed by atoms with van der Waals surface area (Å²) in [4.78, 5) is 34.3. The van der Waals surface area contributed by atoms with Crippen LogP contribution in [0.3, 0.4) is 0 Å². The Labute approximate surface area is 163 Å². The molecule has 0 unspecified atom stereocenters. The molecule has 1 fully saturated rings. The van der Waals surface area contributed by atoms with E-state index in [1.165, 1.54) is 12.1 Å². The summed E-state index contributed by atoms with van der Waals surface area (Å²) in [5.74, 6) is 0.957. The first-order valence-corrected chi connectivity index (χ1v) is 9.45. The second kappa shape index (κ2) is 7.65. The minimum atomic E-state index is -0.502. The number of nitro benzene ring substituents is 1. The molecule has 1 amide bonds. The van der Waals surface area contributed by atoms with Crippen molar-refractivity contribution in [2.45, 2.75) is 39.2 Å². The van der Waals surface area contributed by atoms with Gasteiger partial charge in [0.05, 0.1) is 16.0 Å². The lowest BCUT2D eigenvalue weighted by molar-refractivity contribution is -0.384. The number of amides is 1. The van der Waals surface area contributed by atoms with E-state index in [1.54, 1.807) is 11.0 Å². The number of hydrogen-bond acceptors (Lipinski definition) is 6. The summed E-state index contributed by atoms with van der Waals surface area (Å²) in [5, 5.41) is 10.9. The standard InChI is InChI=1S/C19H27N5O4/c1-19(2,3)28-18(25)23-9-5-6-13(12-23)11-22(4)17-20-15-8-7-14(24(26)27)10-16(15)21-17/h7-8,10,13H,5-6,9,11-12H2,1-4H3,(H,20,21)/t13-/m1/s1. The van der Waals surface area contributed by atoms with Gasteiger partial charge >= 0.3 is 6.09 Å². The van der Waals surface area contributed by atoms with E-state index in [0.29, 0.717) is 36.0 Å². The fourth-order valence-electron chi connectivity index (χ4n) is 3.46. The van der Waals surface area contributed by atoms with Crippen molar-refractivity contribution >= 4 is 28.8 Å². The Hall–Kier alpha value is -2.84. The number of rotatable bonds is 4. The monoisotopic (exact) mass is 389 g/mol. The average Bonchev–Trinajstić information content (AvgIpc) is 3.04. The van der Waals surface area contributed by atoms with Gasteiger partial charge < -0.3 is 19.5 Å². The van der Waals surface area contributed by atoms with E-state index in [4.69, 9.17) is 4.74 Å². The number of carbonyl (C=O) groups is 1. The van der Waals surface area contributed by atoms with Crippen LogP contribution in [-0.2, 0) is 4.74 Å². The number of hydrogen-bond donors (Lipinski definition) is 1. The van der Waals surface area contributed by atoms with Gasteiger partial charge in [0.25, 0.3) is 5.69 Å². The summed E-state index contributed by atoms with van der Waals surface area (Å²) >= 11 is 0. The van der Waals surface area contributed by atoms with Crippen LogP contribution in [-0.4, -0.2) is 58.2 Å². The van der Waals surface area contributed by atoms with E-state index in [2.05, 4.69) is 9.97 Å². The van der Waals surface area contributed by atoms with Gasteiger partial charge in [0.15, 0.2) is 0 Å². The lowest BCUT2D eigenvalue weighted by atomic mass is 9.98. The average molecular weight is 389 g/mol. The van der Waals surface area contributed by atoms with E-state index >= 15 is 0 Å². The highest BCUT2D eigenvalue weighted by Crippen LogP contribution is 2.24. The number of imidazole rings is 1. The van der Waals surface area contributed by atoms with Crippen molar-refractivity contribution in [1.82, 2.24) is 14.9 Å². The molecule has 1 aliphatic heterocycles. The van der Waals surface area contributed by atoms with Crippen LogP contribution in [0, 0.1) is 16.0 Å². The molecule has 1 aromatic heterocycles. The molecule has 1 saturated heterocycles. The molecule has 0 spiro atoms. The molecule has 1 aliphatic rings. The van der Waals surface area contributed by atoms with Gasteiger partial charge in [0, 0.05) is 38.8 Å². The zero-order valence-corrected chi connectivity index (χ0v) is 16.8. The van der Waals surface area contributed by atoms with E-state index in [1.807, 2.05) is 32.7 Å². The topological polar surface area (TPSA) is 105 Å². The minimum absolute atomic E-state index is 0.0330. The van der Waals surface area contributed by atoms with Crippen molar-refractivity contribution in [3.8, 4) is 0 Å². The zero-order chi connectivity index (χ0) is 20.5. The van der Waals surface area contributed by atoms with Crippen LogP contribution in [0.5, 0.6) is 0 Å². The summed E-state index contributed by atoms with van der Waals surface area (Å²) < 4.78 is 5.49. The van der Waals surface area contributed by atoms with Crippen LogP contribution in [0.2, 0.25) is 0 Å². The number of anilines is 1. The van der Waals surface area contributed by atoms with Crippen LogP contribution >= 0.6 is 0 Å². The summed E-state index contributed by atoms with van der Waals surface area (Å²) in [6.45, 7) is 7.68. The Morgan fingerprint density at radius 1 is 1.46 bits per heavy atom. The largest absolute Gasteiger partial charge is 0.444 e. The summed E-state index contributed by atoms with van der Waals surface area (Å²) in [6.07, 6.45) is 1.69. The minimum Gasteiger partial charge on any atom is -0.444 e. The number of aromatic amines is 1. The highest BCUT2D eigenvalue weighted by atomic mass is 16.6. The highest BCUT2D eigenvalue weighted by Gasteiger charge is 2.28. The summed E-state index contributed by atoms with van der Waals surface area (Å²) in [6, 6.07) is 4.59. The number of benzene rings is 1. The van der Waals surface area contributed by atoms with Crippen molar-refractivity contribution in [2.75, 3.05) is 31.6 Å². The van der Waals surface area contributed by atoms with Gasteiger partial charge in [0.1, 0.15) is 5.60 Å². The lowest BCUT2D eigenvalue weighted by Gasteiger charge is -2.35. The molecule has 2 heterocycles. The maximum absolute atomic E-state index is 12.3. The molecular formula is C19H27N5O4. The number of nitrogens with one attached hydrogen (secondary N) is 1. The maximum Gasteiger partial charge on any atom is 0.410 e. The number of H-pyrrole nitrogens is 1. The van der Waals surface area contributed by atoms with Gasteiger partial charge in [-0.05, 0) is 45.6 Å². The van der Waals surface area contributed by atoms with E-state index < -0.39 is 10.5 Å². The number of piperidine rings is 1. The summed E-state index contributed by atoms with van der Waals surface area (Å²) in [7, 11) is 1.93. The van der Waals surface area contributed by atoms with Crippen LogP contribution in [0.1, 0.15) is 33.6 Å². The molecule has 0 aliphatic carbocycles. The highest BCUT2D eigenvalue weighted by molar-refractivity contribution is 5.80.